The maximum Gasteiger partial charge on any atom is 0.0628 e. The van der Waals surface area contributed by atoms with Crippen LogP contribution in [0.4, 0.5) is 0 Å². The molecule has 0 spiro atoms. The lowest BCUT2D eigenvalue weighted by atomic mass is 10.0. The van der Waals surface area contributed by atoms with Crippen LogP contribution in [0.15, 0.2) is 18.5 Å². The highest BCUT2D eigenvalue weighted by atomic mass is 16.3. The molecule has 1 atom stereocenters. The van der Waals surface area contributed by atoms with Crippen molar-refractivity contribution in [3.63, 3.8) is 0 Å². The van der Waals surface area contributed by atoms with Crippen molar-refractivity contribution in [2.75, 3.05) is 13.2 Å². The SMILES string of the molecule is CCCNC(C)(CO)Cn1cccn1. The van der Waals surface area contributed by atoms with Crippen LogP contribution in [0.2, 0.25) is 0 Å². The average Bonchev–Trinajstić information content (AvgIpc) is 2.67. The average molecular weight is 197 g/mol. The number of rotatable bonds is 6. The molecule has 1 heterocycles. The van der Waals surface area contributed by atoms with Gasteiger partial charge in [0.05, 0.1) is 18.7 Å². The van der Waals surface area contributed by atoms with Gasteiger partial charge in [0, 0.05) is 12.4 Å². The molecule has 4 nitrogen and oxygen atoms in total. The fraction of sp³-hybridized carbons (Fsp3) is 0.700. The van der Waals surface area contributed by atoms with Crippen LogP contribution in [0.3, 0.4) is 0 Å². The van der Waals surface area contributed by atoms with Crippen LogP contribution in [0.25, 0.3) is 0 Å². The molecule has 0 amide bonds. The van der Waals surface area contributed by atoms with Gasteiger partial charge in [-0.3, -0.25) is 4.68 Å². The number of aliphatic hydroxyl groups excluding tert-OH is 1. The maximum absolute atomic E-state index is 9.31. The van der Waals surface area contributed by atoms with E-state index in [1.165, 1.54) is 0 Å². The molecule has 0 bridgehead atoms. The molecular formula is C10H19N3O. The van der Waals surface area contributed by atoms with Crippen LogP contribution < -0.4 is 5.32 Å². The van der Waals surface area contributed by atoms with Crippen molar-refractivity contribution in [3.05, 3.63) is 18.5 Å². The highest BCUT2D eigenvalue weighted by Crippen LogP contribution is 2.06. The van der Waals surface area contributed by atoms with Gasteiger partial charge in [-0.05, 0) is 26.0 Å². The Morgan fingerprint density at radius 1 is 1.57 bits per heavy atom. The Kier molecular flexibility index (Phi) is 4.10. The molecule has 4 heteroatoms. The predicted octanol–water partition coefficient (Wildman–Crippen LogP) is 0.634. The Morgan fingerprint density at radius 3 is 2.86 bits per heavy atom. The second-order valence-electron chi connectivity index (χ2n) is 3.85. The number of nitrogens with one attached hydrogen (secondary N) is 1. The van der Waals surface area contributed by atoms with E-state index >= 15 is 0 Å². The minimum atomic E-state index is -0.276. The summed E-state index contributed by atoms with van der Waals surface area (Å²) in [6, 6.07) is 1.89. The molecule has 0 saturated heterocycles. The van der Waals surface area contributed by atoms with Crippen LogP contribution in [-0.4, -0.2) is 33.6 Å². The van der Waals surface area contributed by atoms with Gasteiger partial charge >= 0.3 is 0 Å². The highest BCUT2D eigenvalue weighted by Gasteiger charge is 2.22. The molecule has 1 aromatic heterocycles. The summed E-state index contributed by atoms with van der Waals surface area (Å²) in [5.41, 5.74) is -0.276. The van der Waals surface area contributed by atoms with Gasteiger partial charge in [0.2, 0.25) is 0 Å². The first-order valence-electron chi connectivity index (χ1n) is 5.03. The van der Waals surface area contributed by atoms with Gasteiger partial charge < -0.3 is 10.4 Å². The third-order valence-corrected chi connectivity index (χ3v) is 2.22. The fourth-order valence-electron chi connectivity index (χ4n) is 1.34. The number of aromatic nitrogens is 2. The van der Waals surface area contributed by atoms with Crippen molar-refractivity contribution in [2.24, 2.45) is 0 Å². The Labute approximate surface area is 84.9 Å². The number of nitrogens with zero attached hydrogens (tertiary/aromatic N) is 2. The number of aliphatic hydroxyl groups is 1. The molecule has 1 rings (SSSR count). The summed E-state index contributed by atoms with van der Waals surface area (Å²) < 4.78 is 1.83. The van der Waals surface area contributed by atoms with Crippen LogP contribution in [0.5, 0.6) is 0 Å². The summed E-state index contributed by atoms with van der Waals surface area (Å²) in [6.45, 7) is 5.84. The van der Waals surface area contributed by atoms with E-state index in [0.717, 1.165) is 13.0 Å². The fourth-order valence-corrected chi connectivity index (χ4v) is 1.34. The molecule has 0 aliphatic heterocycles. The molecule has 0 aliphatic rings. The Hall–Kier alpha value is -0.870. The monoisotopic (exact) mass is 197 g/mol. The van der Waals surface area contributed by atoms with Crippen LogP contribution in [0, 0.1) is 0 Å². The normalized spacial score (nSPS) is 15.4. The molecule has 0 saturated carbocycles. The van der Waals surface area contributed by atoms with Gasteiger partial charge in [-0.1, -0.05) is 6.92 Å². The first kappa shape index (κ1) is 11.2. The minimum absolute atomic E-state index is 0.118. The van der Waals surface area contributed by atoms with Crippen LogP contribution >= 0.6 is 0 Å². The minimum Gasteiger partial charge on any atom is -0.394 e. The predicted molar refractivity (Wildman–Crippen MR) is 56.0 cm³/mol. The number of hydrogen-bond donors (Lipinski definition) is 2. The first-order valence-corrected chi connectivity index (χ1v) is 5.03. The molecule has 14 heavy (non-hydrogen) atoms. The quantitative estimate of drug-likeness (QED) is 0.703. The van der Waals surface area contributed by atoms with Gasteiger partial charge in [0.25, 0.3) is 0 Å². The van der Waals surface area contributed by atoms with Crippen molar-refractivity contribution in [3.8, 4) is 0 Å². The zero-order valence-corrected chi connectivity index (χ0v) is 8.90. The lowest BCUT2D eigenvalue weighted by Crippen LogP contribution is -2.49. The van der Waals surface area contributed by atoms with Gasteiger partial charge in [-0.25, -0.2) is 0 Å². The highest BCUT2D eigenvalue weighted by molar-refractivity contribution is 4.86. The van der Waals surface area contributed by atoms with Crippen molar-refractivity contribution < 1.29 is 5.11 Å². The molecule has 1 aromatic rings. The third-order valence-electron chi connectivity index (χ3n) is 2.22. The standard InChI is InChI=1S/C10H19N3O/c1-3-5-11-10(2,9-14)8-13-7-4-6-12-13/h4,6-7,11,14H,3,5,8-9H2,1-2H3. The second-order valence-corrected chi connectivity index (χ2v) is 3.85. The number of hydrogen-bond acceptors (Lipinski definition) is 3. The van der Waals surface area contributed by atoms with Gasteiger partial charge in [0.15, 0.2) is 0 Å². The van der Waals surface area contributed by atoms with E-state index in [1.807, 2.05) is 23.9 Å². The Bertz CT molecular complexity index is 248. The van der Waals surface area contributed by atoms with Gasteiger partial charge in [-0.15, -0.1) is 0 Å². The molecule has 0 aliphatic carbocycles. The van der Waals surface area contributed by atoms with Crippen LogP contribution in [0.1, 0.15) is 20.3 Å². The lowest BCUT2D eigenvalue weighted by Gasteiger charge is -2.28. The third kappa shape index (κ3) is 3.12. The Morgan fingerprint density at radius 2 is 2.36 bits per heavy atom. The zero-order valence-electron chi connectivity index (χ0n) is 8.90. The largest absolute Gasteiger partial charge is 0.394 e. The van der Waals surface area contributed by atoms with E-state index in [9.17, 15) is 5.11 Å². The first-order chi connectivity index (χ1) is 6.70. The summed E-state index contributed by atoms with van der Waals surface area (Å²) in [5.74, 6) is 0. The van der Waals surface area contributed by atoms with Crippen LogP contribution in [-0.2, 0) is 6.54 Å². The molecule has 0 aromatic carbocycles. The van der Waals surface area contributed by atoms with Crippen molar-refractivity contribution in [1.82, 2.24) is 15.1 Å². The summed E-state index contributed by atoms with van der Waals surface area (Å²) >= 11 is 0. The van der Waals surface area contributed by atoms with Gasteiger partial charge in [-0.2, -0.15) is 5.10 Å². The zero-order chi connectivity index (χ0) is 10.4. The molecular weight excluding hydrogens is 178 g/mol. The van der Waals surface area contributed by atoms with E-state index in [4.69, 9.17) is 0 Å². The van der Waals surface area contributed by atoms with E-state index in [-0.39, 0.29) is 12.1 Å². The maximum atomic E-state index is 9.31. The molecule has 0 radical (unpaired) electrons. The van der Waals surface area contributed by atoms with Crippen molar-refractivity contribution in [1.29, 1.82) is 0 Å². The summed E-state index contributed by atoms with van der Waals surface area (Å²) in [4.78, 5) is 0. The van der Waals surface area contributed by atoms with E-state index in [2.05, 4.69) is 17.3 Å². The molecule has 0 fully saturated rings. The van der Waals surface area contributed by atoms with E-state index < -0.39 is 0 Å². The van der Waals surface area contributed by atoms with E-state index in [0.29, 0.717) is 6.54 Å². The Balaban J connectivity index is 2.52. The molecule has 1 unspecified atom stereocenters. The second kappa shape index (κ2) is 5.12. The molecule has 2 N–H and O–H groups in total. The smallest absolute Gasteiger partial charge is 0.0628 e. The summed E-state index contributed by atoms with van der Waals surface area (Å²) in [7, 11) is 0. The van der Waals surface area contributed by atoms with E-state index in [1.54, 1.807) is 6.20 Å². The van der Waals surface area contributed by atoms with Crippen molar-refractivity contribution >= 4 is 0 Å². The van der Waals surface area contributed by atoms with Gasteiger partial charge in [0.1, 0.15) is 0 Å². The lowest BCUT2D eigenvalue weighted by molar-refractivity contribution is 0.153. The molecule has 80 valence electrons. The van der Waals surface area contributed by atoms with Crippen molar-refractivity contribution in [2.45, 2.75) is 32.4 Å². The summed E-state index contributed by atoms with van der Waals surface area (Å²) in [5, 5.41) is 16.8. The summed E-state index contributed by atoms with van der Waals surface area (Å²) in [6.07, 6.45) is 4.72. The topological polar surface area (TPSA) is 50.1 Å².